The van der Waals surface area contributed by atoms with Gasteiger partial charge < -0.3 is 42.1 Å². The Morgan fingerprint density at radius 1 is 0.786 bits per heavy atom. The molecule has 0 aliphatic carbocycles. The Bertz CT molecular complexity index is 661. The Morgan fingerprint density at radius 2 is 1.14 bits per heavy atom. The van der Waals surface area contributed by atoms with Crippen molar-refractivity contribution in [1.82, 2.24) is 42.5 Å². The van der Waals surface area contributed by atoms with E-state index in [2.05, 4.69) is 10.6 Å². The molecular formula is C11H16N8NaO8. The topological polar surface area (TPSA) is 239 Å². The molecule has 0 saturated carbocycles. The van der Waals surface area contributed by atoms with Crippen LogP contribution in [0.4, 0.5) is 19.2 Å². The number of hydrogen-bond acceptors (Lipinski definition) is 8. The standard InChI is InChI=1S/C11H16N8O8.Na/c20-1-10(4(22)14-8(26)18-10)16-6(24)12-3-13-7(25)17-11(2-21)5(23)15-9(27)19-11;/h20-21H,1-3H2,(H2,12,16,24)(H2,13,17,25)(H2,14,18,22,26)(H2,15,19,23,27);. The molecule has 0 aromatic rings. The summed E-state index contributed by atoms with van der Waals surface area (Å²) in [5.41, 5.74) is -4.12. The fourth-order valence-corrected chi connectivity index (χ4v) is 2.14. The number of urea groups is 4. The van der Waals surface area contributed by atoms with Crippen LogP contribution >= 0.6 is 0 Å². The largest absolute Gasteiger partial charge is 0.391 e. The first-order valence-corrected chi connectivity index (χ1v) is 7.27. The normalized spacial score (nSPS) is 25.5. The second-order valence-corrected chi connectivity index (χ2v) is 5.38. The second-order valence-electron chi connectivity index (χ2n) is 5.38. The van der Waals surface area contributed by atoms with E-state index in [0.717, 1.165) is 0 Å². The Hall–Kier alpha value is -2.66. The summed E-state index contributed by atoms with van der Waals surface area (Å²) in [5, 5.41) is 34.4. The number of carbonyl (C=O) groups is 6. The molecular weight excluding hydrogens is 395 g/mol. The van der Waals surface area contributed by atoms with E-state index >= 15 is 0 Å². The zero-order valence-electron chi connectivity index (χ0n) is 14.5. The molecule has 0 bridgehead atoms. The number of imide groups is 2. The number of rotatable bonds is 6. The molecule has 17 heteroatoms. The summed E-state index contributed by atoms with van der Waals surface area (Å²) >= 11 is 0. The zero-order chi connectivity index (χ0) is 20.2. The van der Waals surface area contributed by atoms with E-state index < -0.39 is 67.1 Å². The third kappa shape index (κ3) is 4.78. The van der Waals surface area contributed by atoms with Gasteiger partial charge in [-0.15, -0.1) is 0 Å². The van der Waals surface area contributed by atoms with E-state index in [1.165, 1.54) is 0 Å². The van der Waals surface area contributed by atoms with Crippen molar-refractivity contribution in [2.24, 2.45) is 0 Å². The fraction of sp³-hybridized carbons (Fsp3) is 0.455. The average Bonchev–Trinajstić information content (AvgIpc) is 3.03. The molecule has 16 nitrogen and oxygen atoms in total. The van der Waals surface area contributed by atoms with Gasteiger partial charge in [0.2, 0.25) is 11.3 Å². The molecule has 10 amide bonds. The van der Waals surface area contributed by atoms with Crippen LogP contribution in [0.15, 0.2) is 0 Å². The number of aliphatic hydroxyl groups excluding tert-OH is 2. The molecule has 2 atom stereocenters. The maximum atomic E-state index is 11.8. The smallest absolute Gasteiger partial charge is 0.323 e. The Labute approximate surface area is 178 Å². The van der Waals surface area contributed by atoms with Gasteiger partial charge in [-0.3, -0.25) is 20.2 Å². The van der Waals surface area contributed by atoms with Crippen LogP contribution in [-0.4, -0.2) is 107 Å². The van der Waals surface area contributed by atoms with E-state index in [-0.39, 0.29) is 29.6 Å². The Morgan fingerprint density at radius 3 is 1.39 bits per heavy atom. The minimum absolute atomic E-state index is 0. The molecule has 10 N–H and O–H groups in total. The number of aliphatic hydroxyl groups is 2. The predicted molar refractivity (Wildman–Crippen MR) is 86.9 cm³/mol. The summed E-state index contributed by atoms with van der Waals surface area (Å²) in [6.45, 7) is -2.38. The van der Waals surface area contributed by atoms with Crippen LogP contribution < -0.4 is 42.5 Å². The van der Waals surface area contributed by atoms with Crippen LogP contribution in [0.3, 0.4) is 0 Å². The molecule has 2 unspecified atom stereocenters. The SMILES string of the molecule is O=C(NCNC(=O)NC1(CO)NC(=O)NC1=O)NC1(CO)NC(=O)NC1=O.[Na]. The average molecular weight is 411 g/mol. The van der Waals surface area contributed by atoms with Crippen molar-refractivity contribution in [1.29, 1.82) is 0 Å². The van der Waals surface area contributed by atoms with Crippen molar-refractivity contribution in [3.8, 4) is 0 Å². The molecule has 0 aromatic heterocycles. The first-order valence-electron chi connectivity index (χ1n) is 7.27. The Kier molecular flexibility index (Phi) is 7.53. The molecule has 2 saturated heterocycles. The molecule has 2 fully saturated rings. The number of hydrogen-bond donors (Lipinski definition) is 10. The van der Waals surface area contributed by atoms with E-state index in [9.17, 15) is 39.0 Å². The summed E-state index contributed by atoms with van der Waals surface area (Å²) in [4.78, 5) is 68.9. The van der Waals surface area contributed by atoms with E-state index in [1.54, 1.807) is 0 Å². The van der Waals surface area contributed by atoms with E-state index in [0.29, 0.717) is 0 Å². The van der Waals surface area contributed by atoms with Crippen LogP contribution in [0.25, 0.3) is 0 Å². The van der Waals surface area contributed by atoms with Gasteiger partial charge in [-0.1, -0.05) is 0 Å². The molecule has 2 aliphatic rings. The molecule has 1 radical (unpaired) electrons. The predicted octanol–water partition coefficient (Wildman–Crippen LogP) is -5.78. The zero-order valence-corrected chi connectivity index (χ0v) is 16.5. The second kappa shape index (κ2) is 9.02. The number of nitrogens with one attached hydrogen (secondary N) is 8. The van der Waals surface area contributed by atoms with Gasteiger partial charge >= 0.3 is 24.1 Å². The van der Waals surface area contributed by atoms with Crippen molar-refractivity contribution >= 4 is 65.5 Å². The van der Waals surface area contributed by atoms with Crippen molar-refractivity contribution in [2.75, 3.05) is 19.9 Å². The molecule has 149 valence electrons. The summed E-state index contributed by atoms with van der Waals surface area (Å²) in [7, 11) is 0. The molecule has 2 aliphatic heterocycles. The third-order valence-corrected chi connectivity index (χ3v) is 3.51. The number of carbonyl (C=O) groups excluding carboxylic acids is 6. The number of amides is 10. The van der Waals surface area contributed by atoms with Crippen LogP contribution in [0.1, 0.15) is 0 Å². The van der Waals surface area contributed by atoms with Crippen LogP contribution in [0, 0.1) is 0 Å². The molecule has 28 heavy (non-hydrogen) atoms. The van der Waals surface area contributed by atoms with Gasteiger partial charge in [0.15, 0.2) is 0 Å². The first kappa shape index (κ1) is 23.4. The van der Waals surface area contributed by atoms with Crippen molar-refractivity contribution < 1.29 is 39.0 Å². The van der Waals surface area contributed by atoms with Crippen molar-refractivity contribution in [3.63, 3.8) is 0 Å². The molecule has 2 rings (SSSR count). The maximum absolute atomic E-state index is 11.8. The van der Waals surface area contributed by atoms with Crippen molar-refractivity contribution in [2.45, 2.75) is 11.3 Å². The van der Waals surface area contributed by atoms with Gasteiger partial charge in [-0.25, -0.2) is 19.2 Å². The van der Waals surface area contributed by atoms with Crippen LogP contribution in [0.5, 0.6) is 0 Å². The Balaban J connectivity index is 0.00000392. The minimum Gasteiger partial charge on any atom is -0.391 e. The van der Waals surface area contributed by atoms with Crippen LogP contribution in [0.2, 0.25) is 0 Å². The quantitative estimate of drug-likeness (QED) is 0.114. The van der Waals surface area contributed by atoms with E-state index in [4.69, 9.17) is 0 Å². The van der Waals surface area contributed by atoms with Crippen LogP contribution in [-0.2, 0) is 9.59 Å². The van der Waals surface area contributed by atoms with Crippen molar-refractivity contribution in [3.05, 3.63) is 0 Å². The molecule has 0 aromatic carbocycles. The molecule has 0 spiro atoms. The van der Waals surface area contributed by atoms with Gasteiger partial charge in [0.05, 0.1) is 19.9 Å². The third-order valence-electron chi connectivity index (χ3n) is 3.51. The van der Waals surface area contributed by atoms with E-state index in [1.807, 2.05) is 31.9 Å². The van der Waals surface area contributed by atoms with Gasteiger partial charge in [0.25, 0.3) is 11.8 Å². The fourth-order valence-electron chi connectivity index (χ4n) is 2.14. The minimum atomic E-state index is -2.06. The summed E-state index contributed by atoms with van der Waals surface area (Å²) in [6.07, 6.45) is 0. The maximum Gasteiger partial charge on any atom is 0.323 e. The van der Waals surface area contributed by atoms with Gasteiger partial charge in [0, 0.05) is 29.6 Å². The summed E-state index contributed by atoms with van der Waals surface area (Å²) < 4.78 is 0. The van der Waals surface area contributed by atoms with Gasteiger partial charge in [-0.2, -0.15) is 0 Å². The monoisotopic (exact) mass is 411 g/mol. The summed E-state index contributed by atoms with van der Waals surface area (Å²) in [5.74, 6) is -1.97. The summed E-state index contributed by atoms with van der Waals surface area (Å²) in [6, 6.07) is -3.91. The van der Waals surface area contributed by atoms with Gasteiger partial charge in [0.1, 0.15) is 0 Å². The molecule has 2 heterocycles. The first-order chi connectivity index (χ1) is 12.7. The van der Waals surface area contributed by atoms with Gasteiger partial charge in [-0.05, 0) is 0 Å².